The first kappa shape index (κ1) is 9.06. The molecule has 0 spiro atoms. The molecule has 76 valence electrons. The maximum Gasteiger partial charge on any atom is 0.355 e. The van der Waals surface area contributed by atoms with Gasteiger partial charge in [0.05, 0.1) is 10.3 Å². The van der Waals surface area contributed by atoms with Gasteiger partial charge in [-0.3, -0.25) is 10.1 Å². The molecule has 1 aromatic carbocycles. The van der Waals surface area contributed by atoms with E-state index in [1.165, 1.54) is 12.1 Å². The van der Waals surface area contributed by atoms with E-state index in [9.17, 15) is 20.2 Å². The summed E-state index contributed by atoms with van der Waals surface area (Å²) in [4.78, 5) is 19.6. The van der Waals surface area contributed by atoms with E-state index in [-0.39, 0.29) is 16.6 Å². The lowest BCUT2D eigenvalue weighted by Gasteiger charge is -1.94. The third kappa shape index (κ3) is 1.37. The summed E-state index contributed by atoms with van der Waals surface area (Å²) >= 11 is 0. The fraction of sp³-hybridized carbons (Fsp3) is 0. The Bertz CT molecular complexity index is 561. The van der Waals surface area contributed by atoms with Crippen LogP contribution in [0, 0.1) is 20.2 Å². The van der Waals surface area contributed by atoms with Gasteiger partial charge in [-0.1, -0.05) is 11.6 Å². The van der Waals surface area contributed by atoms with E-state index in [1.807, 2.05) is 0 Å². The molecular weight excluding hydrogens is 204 g/mol. The molecule has 8 nitrogen and oxygen atoms in total. The molecular formula is C7H3N4O4-. The van der Waals surface area contributed by atoms with Gasteiger partial charge in [0.25, 0.3) is 5.69 Å². The third-order valence-electron chi connectivity index (χ3n) is 1.86. The van der Waals surface area contributed by atoms with Crippen molar-refractivity contribution >= 4 is 22.4 Å². The number of nitrogens with zero attached hydrogens (tertiary/aromatic N) is 4. The van der Waals surface area contributed by atoms with Gasteiger partial charge in [-0.15, -0.1) is 5.10 Å². The summed E-state index contributed by atoms with van der Waals surface area (Å²) in [5, 5.41) is 27.9. The van der Waals surface area contributed by atoms with Crippen LogP contribution < -0.4 is 5.10 Å². The molecule has 2 rings (SSSR count). The smallest absolute Gasteiger partial charge is 0.355 e. The Morgan fingerprint density at radius 1 is 1.20 bits per heavy atom. The van der Waals surface area contributed by atoms with Gasteiger partial charge in [-0.2, -0.15) is 0 Å². The van der Waals surface area contributed by atoms with Crippen molar-refractivity contribution in [1.82, 2.24) is 10.2 Å². The first-order valence-electron chi connectivity index (χ1n) is 3.81. The van der Waals surface area contributed by atoms with Crippen molar-refractivity contribution in [1.29, 1.82) is 0 Å². The van der Waals surface area contributed by atoms with Gasteiger partial charge in [-0.25, -0.2) is 0 Å². The highest BCUT2D eigenvalue weighted by atomic mass is 16.6. The Hall–Kier alpha value is -2.51. The second-order valence-electron chi connectivity index (χ2n) is 2.74. The van der Waals surface area contributed by atoms with Crippen LogP contribution in [0.4, 0.5) is 11.5 Å². The van der Waals surface area contributed by atoms with Crippen molar-refractivity contribution in [3.8, 4) is 0 Å². The normalized spacial score (nSPS) is 10.4. The quantitative estimate of drug-likeness (QED) is 0.536. The third-order valence-corrected chi connectivity index (χ3v) is 1.86. The summed E-state index contributed by atoms with van der Waals surface area (Å²) in [7, 11) is 0. The topological polar surface area (TPSA) is 113 Å². The molecule has 1 aromatic heterocycles. The minimum atomic E-state index is -0.723. The molecule has 0 N–H and O–H groups in total. The summed E-state index contributed by atoms with van der Waals surface area (Å²) in [5.41, 5.74) is 0.0488. The van der Waals surface area contributed by atoms with Crippen molar-refractivity contribution in [3.05, 3.63) is 38.4 Å². The number of hydrogen-bond donors (Lipinski definition) is 0. The Balaban J connectivity index is 2.72. The largest absolute Gasteiger partial charge is 0.454 e. The average Bonchev–Trinajstić information content (AvgIpc) is 2.59. The van der Waals surface area contributed by atoms with Gasteiger partial charge in [-0.05, 0) is 4.92 Å². The zero-order valence-electron chi connectivity index (χ0n) is 7.15. The first-order chi connectivity index (χ1) is 7.09. The Kier molecular flexibility index (Phi) is 1.82. The number of benzene rings is 1. The van der Waals surface area contributed by atoms with Gasteiger partial charge < -0.3 is 15.2 Å². The van der Waals surface area contributed by atoms with Crippen LogP contribution in [0.5, 0.6) is 0 Å². The lowest BCUT2D eigenvalue weighted by Crippen LogP contribution is -1.89. The minimum absolute atomic E-state index is 0.0780. The van der Waals surface area contributed by atoms with E-state index in [1.54, 1.807) is 0 Å². The molecule has 8 heteroatoms. The maximum absolute atomic E-state index is 10.5. The lowest BCUT2D eigenvalue weighted by molar-refractivity contribution is -0.388. The van der Waals surface area contributed by atoms with Crippen LogP contribution in [0.2, 0.25) is 0 Å². The van der Waals surface area contributed by atoms with E-state index < -0.39 is 15.7 Å². The highest BCUT2D eigenvalue weighted by Gasteiger charge is 2.13. The second-order valence-corrected chi connectivity index (χ2v) is 2.74. The molecule has 0 bridgehead atoms. The zero-order valence-corrected chi connectivity index (χ0v) is 7.15. The number of non-ortho nitro benzene ring substituents is 1. The predicted octanol–water partition coefficient (Wildman–Crippen LogP) is 1.01. The SMILES string of the molecule is O=[N+]([O-])c1ccc2[n-]nc([N+](=O)[O-])c2c1. The number of hydrogen-bond acceptors (Lipinski definition) is 5. The maximum atomic E-state index is 10.5. The fourth-order valence-corrected chi connectivity index (χ4v) is 1.19. The van der Waals surface area contributed by atoms with Gasteiger partial charge in [0, 0.05) is 12.1 Å². The molecule has 0 saturated carbocycles. The first-order valence-corrected chi connectivity index (χ1v) is 3.81. The van der Waals surface area contributed by atoms with Crippen LogP contribution in [0.3, 0.4) is 0 Å². The summed E-state index contributed by atoms with van der Waals surface area (Å²) in [6, 6.07) is 3.64. The highest BCUT2D eigenvalue weighted by molar-refractivity contribution is 5.88. The fourth-order valence-electron chi connectivity index (χ4n) is 1.19. The molecule has 2 aromatic rings. The lowest BCUT2D eigenvalue weighted by atomic mass is 10.2. The van der Waals surface area contributed by atoms with Crippen molar-refractivity contribution in [2.24, 2.45) is 0 Å². The standard InChI is InChI=1S/C7H3N4O4/c12-10(13)4-1-2-6-5(3-4)7(9-8-6)11(14)15/h1-3H/q-1. The van der Waals surface area contributed by atoms with Crippen LogP contribution in [0.25, 0.3) is 10.9 Å². The van der Waals surface area contributed by atoms with Gasteiger partial charge in [0.1, 0.15) is 0 Å². The summed E-state index contributed by atoms with van der Waals surface area (Å²) < 4.78 is 0. The summed E-state index contributed by atoms with van der Waals surface area (Å²) in [6.45, 7) is 0. The predicted molar refractivity (Wildman–Crippen MR) is 48.4 cm³/mol. The molecule has 0 atom stereocenters. The van der Waals surface area contributed by atoms with Crippen LogP contribution in [0.1, 0.15) is 0 Å². The highest BCUT2D eigenvalue weighted by Crippen LogP contribution is 2.25. The van der Waals surface area contributed by atoms with Crippen LogP contribution >= 0.6 is 0 Å². The van der Waals surface area contributed by atoms with Crippen LogP contribution in [-0.2, 0) is 0 Å². The molecule has 15 heavy (non-hydrogen) atoms. The van der Waals surface area contributed by atoms with Crippen molar-refractivity contribution in [2.45, 2.75) is 0 Å². The molecule has 0 radical (unpaired) electrons. The van der Waals surface area contributed by atoms with E-state index in [2.05, 4.69) is 10.2 Å². The molecule has 1 heterocycles. The Labute approximate surface area is 81.8 Å². The Morgan fingerprint density at radius 2 is 1.93 bits per heavy atom. The molecule has 0 unspecified atom stereocenters. The molecule has 0 amide bonds. The number of nitro benzene ring substituents is 1. The minimum Gasteiger partial charge on any atom is -0.454 e. The molecule has 0 fully saturated rings. The van der Waals surface area contributed by atoms with E-state index in [4.69, 9.17) is 0 Å². The average molecular weight is 207 g/mol. The second kappa shape index (κ2) is 3.01. The monoisotopic (exact) mass is 207 g/mol. The number of nitro groups is 2. The van der Waals surface area contributed by atoms with Crippen LogP contribution in [-0.4, -0.2) is 14.9 Å². The van der Waals surface area contributed by atoms with E-state index >= 15 is 0 Å². The Morgan fingerprint density at radius 3 is 2.53 bits per heavy atom. The van der Waals surface area contributed by atoms with E-state index in [0.29, 0.717) is 0 Å². The van der Waals surface area contributed by atoms with Gasteiger partial charge >= 0.3 is 5.82 Å². The number of fused-ring (bicyclic) bond motifs is 1. The van der Waals surface area contributed by atoms with Gasteiger partial charge in [0.15, 0.2) is 0 Å². The molecule has 0 aliphatic carbocycles. The van der Waals surface area contributed by atoms with E-state index in [0.717, 1.165) is 6.07 Å². The molecule has 0 aliphatic rings. The van der Waals surface area contributed by atoms with Crippen molar-refractivity contribution in [2.75, 3.05) is 0 Å². The number of rotatable bonds is 2. The molecule has 0 saturated heterocycles. The number of aromatic nitrogens is 2. The zero-order chi connectivity index (χ0) is 11.0. The van der Waals surface area contributed by atoms with Crippen molar-refractivity contribution in [3.63, 3.8) is 0 Å². The summed E-state index contributed by atoms with van der Waals surface area (Å²) in [5.74, 6) is -0.464. The molecule has 0 aliphatic heterocycles. The van der Waals surface area contributed by atoms with Crippen LogP contribution in [0.15, 0.2) is 18.2 Å². The summed E-state index contributed by atoms with van der Waals surface area (Å²) in [6.07, 6.45) is 0. The van der Waals surface area contributed by atoms with Gasteiger partial charge in [0.2, 0.25) is 0 Å². The van der Waals surface area contributed by atoms with Crippen molar-refractivity contribution < 1.29 is 9.85 Å².